The van der Waals surface area contributed by atoms with Crippen molar-refractivity contribution in [2.45, 2.75) is 6.42 Å². The predicted octanol–water partition coefficient (Wildman–Crippen LogP) is 1.90. The Bertz CT molecular complexity index is 458. The van der Waals surface area contributed by atoms with Crippen LogP contribution in [0.1, 0.15) is 5.56 Å². The molecular formula is C11H12N4OS. The number of aromatic nitrogens is 2. The summed E-state index contributed by atoms with van der Waals surface area (Å²) in [6.07, 6.45) is 0.810. The molecule has 1 aromatic heterocycles. The van der Waals surface area contributed by atoms with Gasteiger partial charge in [-0.25, -0.2) is 4.79 Å². The molecule has 0 radical (unpaired) electrons. The van der Waals surface area contributed by atoms with E-state index in [0.29, 0.717) is 11.7 Å². The Morgan fingerprint density at radius 3 is 2.82 bits per heavy atom. The van der Waals surface area contributed by atoms with E-state index in [1.165, 1.54) is 16.9 Å². The zero-order valence-corrected chi connectivity index (χ0v) is 9.91. The molecule has 5 nitrogen and oxygen atoms in total. The third kappa shape index (κ3) is 3.84. The smallest absolute Gasteiger partial charge is 0.321 e. The fraction of sp³-hybridized carbons (Fsp3) is 0.182. The first-order valence-electron chi connectivity index (χ1n) is 5.19. The minimum absolute atomic E-state index is 0.252. The van der Waals surface area contributed by atoms with E-state index in [9.17, 15) is 4.79 Å². The molecule has 2 amide bonds. The van der Waals surface area contributed by atoms with Gasteiger partial charge in [-0.3, -0.25) is 5.32 Å². The molecule has 1 aromatic carbocycles. The van der Waals surface area contributed by atoms with Gasteiger partial charge in [-0.2, -0.15) is 0 Å². The third-order valence-electron chi connectivity index (χ3n) is 2.12. The molecule has 0 fully saturated rings. The van der Waals surface area contributed by atoms with Crippen molar-refractivity contribution in [3.05, 3.63) is 41.4 Å². The minimum atomic E-state index is -0.252. The summed E-state index contributed by atoms with van der Waals surface area (Å²) in [6, 6.07) is 9.75. The van der Waals surface area contributed by atoms with Gasteiger partial charge in [0.1, 0.15) is 5.51 Å². The number of carbonyl (C=O) groups excluding carboxylic acids is 1. The van der Waals surface area contributed by atoms with Gasteiger partial charge >= 0.3 is 6.03 Å². The van der Waals surface area contributed by atoms with Crippen LogP contribution in [-0.2, 0) is 6.42 Å². The van der Waals surface area contributed by atoms with E-state index in [1.807, 2.05) is 30.3 Å². The quantitative estimate of drug-likeness (QED) is 0.868. The van der Waals surface area contributed by atoms with Crippen molar-refractivity contribution in [3.8, 4) is 0 Å². The molecule has 1 heterocycles. The van der Waals surface area contributed by atoms with Gasteiger partial charge in [0.2, 0.25) is 5.13 Å². The lowest BCUT2D eigenvalue weighted by Crippen LogP contribution is -2.30. The first kappa shape index (κ1) is 11.5. The molecule has 88 valence electrons. The largest absolute Gasteiger partial charge is 0.337 e. The molecule has 0 saturated carbocycles. The fourth-order valence-corrected chi connectivity index (χ4v) is 1.77. The summed E-state index contributed by atoms with van der Waals surface area (Å²) < 4.78 is 0. The molecular weight excluding hydrogens is 236 g/mol. The molecule has 0 unspecified atom stereocenters. The van der Waals surface area contributed by atoms with Crippen LogP contribution in [0.15, 0.2) is 35.8 Å². The van der Waals surface area contributed by atoms with Crippen molar-refractivity contribution < 1.29 is 4.79 Å². The highest BCUT2D eigenvalue weighted by molar-refractivity contribution is 7.13. The summed E-state index contributed by atoms with van der Waals surface area (Å²) in [7, 11) is 0. The van der Waals surface area contributed by atoms with Gasteiger partial charge in [0.05, 0.1) is 0 Å². The highest BCUT2D eigenvalue weighted by atomic mass is 32.1. The summed E-state index contributed by atoms with van der Waals surface area (Å²) in [5.74, 6) is 0. The Morgan fingerprint density at radius 2 is 2.12 bits per heavy atom. The first-order chi connectivity index (χ1) is 8.34. The van der Waals surface area contributed by atoms with Crippen molar-refractivity contribution in [1.29, 1.82) is 0 Å². The summed E-state index contributed by atoms with van der Waals surface area (Å²) in [4.78, 5) is 11.4. The average Bonchev–Trinajstić information content (AvgIpc) is 2.83. The summed E-state index contributed by atoms with van der Waals surface area (Å²) in [5, 5.41) is 13.2. The van der Waals surface area contributed by atoms with Crippen LogP contribution < -0.4 is 10.6 Å². The van der Waals surface area contributed by atoms with Gasteiger partial charge < -0.3 is 5.32 Å². The number of hydrogen-bond donors (Lipinski definition) is 2. The van der Waals surface area contributed by atoms with Crippen LogP contribution in [0.3, 0.4) is 0 Å². The molecule has 6 heteroatoms. The van der Waals surface area contributed by atoms with E-state index in [-0.39, 0.29) is 6.03 Å². The lowest BCUT2D eigenvalue weighted by Gasteiger charge is -2.04. The molecule has 2 rings (SSSR count). The first-order valence-corrected chi connectivity index (χ1v) is 6.07. The molecule has 2 aromatic rings. The van der Waals surface area contributed by atoms with Crippen LogP contribution in [0.5, 0.6) is 0 Å². The fourth-order valence-electron chi connectivity index (χ4n) is 1.33. The number of carbonyl (C=O) groups is 1. The number of nitrogens with one attached hydrogen (secondary N) is 2. The highest BCUT2D eigenvalue weighted by Gasteiger charge is 2.02. The second-order valence-corrected chi connectivity index (χ2v) is 4.19. The Kier molecular flexibility index (Phi) is 4.04. The Hall–Kier alpha value is -1.95. The van der Waals surface area contributed by atoms with E-state index in [0.717, 1.165) is 6.42 Å². The number of amides is 2. The van der Waals surface area contributed by atoms with E-state index in [1.54, 1.807) is 5.51 Å². The highest BCUT2D eigenvalue weighted by Crippen LogP contribution is 2.07. The van der Waals surface area contributed by atoms with Crippen LogP contribution in [0.2, 0.25) is 0 Å². The van der Waals surface area contributed by atoms with Crippen LogP contribution in [0.25, 0.3) is 0 Å². The normalized spacial score (nSPS) is 9.88. The third-order valence-corrected chi connectivity index (χ3v) is 2.73. The monoisotopic (exact) mass is 248 g/mol. The Balaban J connectivity index is 1.70. The Labute approximate surface area is 103 Å². The molecule has 0 aliphatic carbocycles. The molecule has 17 heavy (non-hydrogen) atoms. The lowest BCUT2D eigenvalue weighted by atomic mass is 10.1. The van der Waals surface area contributed by atoms with Crippen molar-refractivity contribution in [2.75, 3.05) is 11.9 Å². The summed E-state index contributed by atoms with van der Waals surface area (Å²) in [5.41, 5.74) is 2.77. The zero-order valence-electron chi connectivity index (χ0n) is 9.09. The van der Waals surface area contributed by atoms with Gasteiger partial charge in [0.25, 0.3) is 0 Å². The van der Waals surface area contributed by atoms with Crippen LogP contribution in [-0.4, -0.2) is 22.8 Å². The zero-order chi connectivity index (χ0) is 11.9. The summed E-state index contributed by atoms with van der Waals surface area (Å²) >= 11 is 1.29. The lowest BCUT2D eigenvalue weighted by molar-refractivity contribution is 0.252. The maximum absolute atomic E-state index is 11.4. The van der Waals surface area contributed by atoms with Crippen LogP contribution in [0, 0.1) is 0 Å². The molecule has 0 spiro atoms. The Morgan fingerprint density at radius 1 is 1.29 bits per heavy atom. The average molecular weight is 248 g/mol. The molecule has 0 bridgehead atoms. The molecule has 0 aliphatic rings. The number of anilines is 1. The second-order valence-electron chi connectivity index (χ2n) is 3.36. The second kappa shape index (κ2) is 5.95. The number of rotatable bonds is 4. The van der Waals surface area contributed by atoms with E-state index in [2.05, 4.69) is 20.8 Å². The molecule has 0 saturated heterocycles. The molecule has 0 atom stereocenters. The standard InChI is InChI=1S/C11H12N4OS/c16-10(14-11-15-13-8-17-11)12-7-6-9-4-2-1-3-5-9/h1-5,8H,6-7H2,(H2,12,14,15,16). The van der Waals surface area contributed by atoms with E-state index in [4.69, 9.17) is 0 Å². The number of nitrogens with zero attached hydrogens (tertiary/aromatic N) is 2. The van der Waals surface area contributed by atoms with Gasteiger partial charge in [-0.15, -0.1) is 10.2 Å². The maximum atomic E-state index is 11.4. The van der Waals surface area contributed by atoms with E-state index >= 15 is 0 Å². The van der Waals surface area contributed by atoms with Crippen molar-refractivity contribution in [1.82, 2.24) is 15.5 Å². The van der Waals surface area contributed by atoms with Crippen LogP contribution in [0.4, 0.5) is 9.93 Å². The minimum Gasteiger partial charge on any atom is -0.337 e. The summed E-state index contributed by atoms with van der Waals surface area (Å²) in [6.45, 7) is 0.592. The van der Waals surface area contributed by atoms with Crippen molar-refractivity contribution in [2.24, 2.45) is 0 Å². The molecule has 2 N–H and O–H groups in total. The number of hydrogen-bond acceptors (Lipinski definition) is 4. The van der Waals surface area contributed by atoms with E-state index < -0.39 is 0 Å². The predicted molar refractivity (Wildman–Crippen MR) is 67.1 cm³/mol. The van der Waals surface area contributed by atoms with Crippen molar-refractivity contribution >= 4 is 22.5 Å². The maximum Gasteiger partial charge on any atom is 0.321 e. The van der Waals surface area contributed by atoms with Crippen LogP contribution >= 0.6 is 11.3 Å². The van der Waals surface area contributed by atoms with Crippen molar-refractivity contribution in [3.63, 3.8) is 0 Å². The topological polar surface area (TPSA) is 66.9 Å². The number of benzene rings is 1. The van der Waals surface area contributed by atoms with Gasteiger partial charge in [0, 0.05) is 6.54 Å². The number of urea groups is 1. The molecule has 0 aliphatic heterocycles. The van der Waals surface area contributed by atoms with Gasteiger partial charge in [-0.05, 0) is 12.0 Å². The van der Waals surface area contributed by atoms with Gasteiger partial charge in [0.15, 0.2) is 0 Å². The van der Waals surface area contributed by atoms with Gasteiger partial charge in [-0.1, -0.05) is 41.7 Å². The SMILES string of the molecule is O=C(NCCc1ccccc1)Nc1nncs1.